The summed E-state index contributed by atoms with van der Waals surface area (Å²) < 4.78 is 2.18. The van der Waals surface area contributed by atoms with Gasteiger partial charge in [0.1, 0.15) is 0 Å². The summed E-state index contributed by atoms with van der Waals surface area (Å²) in [6.45, 7) is 1.09. The third-order valence-electron chi connectivity index (χ3n) is 2.86. The van der Waals surface area contributed by atoms with Gasteiger partial charge in [0, 0.05) is 18.9 Å². The van der Waals surface area contributed by atoms with Crippen LogP contribution in [0.4, 0.5) is 0 Å². The molecule has 1 aromatic heterocycles. The molecule has 0 aliphatic heterocycles. The first-order valence-electron chi connectivity index (χ1n) is 5.57. The van der Waals surface area contributed by atoms with Gasteiger partial charge >= 0.3 is 0 Å². The monoisotopic (exact) mass is 190 g/mol. The molecule has 1 atom stereocenters. The minimum Gasteiger partial charge on any atom is -0.337 e. The van der Waals surface area contributed by atoms with Gasteiger partial charge in [0.15, 0.2) is 0 Å². The van der Waals surface area contributed by atoms with Crippen molar-refractivity contribution in [2.24, 2.45) is 5.92 Å². The van der Waals surface area contributed by atoms with Crippen LogP contribution in [0, 0.1) is 5.92 Å². The molecule has 0 fully saturated rings. The molecule has 1 heterocycles. The first kappa shape index (κ1) is 9.50. The number of hydrogen-bond donors (Lipinski definition) is 0. The van der Waals surface area contributed by atoms with Gasteiger partial charge in [0.2, 0.25) is 0 Å². The van der Waals surface area contributed by atoms with E-state index in [0.29, 0.717) is 5.92 Å². The molecular weight excluding hydrogens is 172 g/mol. The van der Waals surface area contributed by atoms with E-state index in [2.05, 4.69) is 21.7 Å². The van der Waals surface area contributed by atoms with E-state index in [9.17, 15) is 0 Å². The molecule has 0 saturated heterocycles. The molecule has 2 heteroatoms. The lowest BCUT2D eigenvalue weighted by Gasteiger charge is -2.15. The molecule has 0 amide bonds. The van der Waals surface area contributed by atoms with E-state index in [1.807, 2.05) is 18.7 Å². The van der Waals surface area contributed by atoms with E-state index in [1.165, 1.54) is 32.1 Å². The maximum Gasteiger partial charge on any atom is 0.0946 e. The molecule has 14 heavy (non-hydrogen) atoms. The molecule has 1 aliphatic rings. The number of nitrogens with zero attached hydrogens (tertiary/aromatic N) is 2. The van der Waals surface area contributed by atoms with E-state index in [1.54, 1.807) is 0 Å². The summed E-state index contributed by atoms with van der Waals surface area (Å²) in [7, 11) is 0. The topological polar surface area (TPSA) is 17.8 Å². The van der Waals surface area contributed by atoms with Gasteiger partial charge in [-0.2, -0.15) is 0 Å². The Hall–Kier alpha value is -1.05. The second-order valence-corrected chi connectivity index (χ2v) is 4.09. The van der Waals surface area contributed by atoms with Gasteiger partial charge in [-0.15, -0.1) is 0 Å². The number of allylic oxidation sites excluding steroid dienone is 2. The summed E-state index contributed by atoms with van der Waals surface area (Å²) >= 11 is 0. The van der Waals surface area contributed by atoms with Gasteiger partial charge < -0.3 is 4.57 Å². The Bertz CT molecular complexity index is 275. The van der Waals surface area contributed by atoms with Gasteiger partial charge in [-0.25, -0.2) is 4.98 Å². The fourth-order valence-corrected chi connectivity index (χ4v) is 2.05. The van der Waals surface area contributed by atoms with Crippen molar-refractivity contribution >= 4 is 0 Å². The fraction of sp³-hybridized carbons (Fsp3) is 0.583. The van der Waals surface area contributed by atoms with Crippen LogP contribution in [-0.2, 0) is 6.54 Å². The highest BCUT2D eigenvalue weighted by atomic mass is 15.0. The molecule has 1 aromatic rings. The van der Waals surface area contributed by atoms with Crippen LogP contribution in [-0.4, -0.2) is 9.55 Å². The van der Waals surface area contributed by atoms with Crippen LogP contribution in [0.5, 0.6) is 0 Å². The highest BCUT2D eigenvalue weighted by molar-refractivity contribution is 4.91. The van der Waals surface area contributed by atoms with Crippen molar-refractivity contribution in [3.05, 3.63) is 30.9 Å². The van der Waals surface area contributed by atoms with Crippen molar-refractivity contribution in [1.29, 1.82) is 0 Å². The molecule has 76 valence electrons. The number of aromatic nitrogens is 2. The predicted octanol–water partition coefficient (Wildman–Crippen LogP) is 3.02. The molecule has 0 bridgehead atoms. The van der Waals surface area contributed by atoms with Crippen LogP contribution in [0.25, 0.3) is 0 Å². The Morgan fingerprint density at radius 1 is 1.29 bits per heavy atom. The minimum absolute atomic E-state index is 0.712. The van der Waals surface area contributed by atoms with Crippen LogP contribution in [0.3, 0.4) is 0 Å². The zero-order chi connectivity index (χ0) is 9.64. The number of hydrogen-bond acceptors (Lipinski definition) is 1. The Kier molecular flexibility index (Phi) is 3.39. The highest BCUT2D eigenvalue weighted by Gasteiger charge is 2.07. The number of rotatable bonds is 2. The third kappa shape index (κ3) is 2.72. The van der Waals surface area contributed by atoms with E-state index in [-0.39, 0.29) is 0 Å². The van der Waals surface area contributed by atoms with Crippen LogP contribution in [0.2, 0.25) is 0 Å². The average Bonchev–Trinajstić information content (AvgIpc) is 2.62. The number of imidazole rings is 1. The van der Waals surface area contributed by atoms with Crippen molar-refractivity contribution in [2.45, 2.75) is 38.6 Å². The first-order chi connectivity index (χ1) is 6.95. The van der Waals surface area contributed by atoms with Gasteiger partial charge in [-0.1, -0.05) is 25.0 Å². The first-order valence-corrected chi connectivity index (χ1v) is 5.57. The molecule has 2 nitrogen and oxygen atoms in total. The Balaban J connectivity index is 1.92. The molecule has 1 aliphatic carbocycles. The summed E-state index contributed by atoms with van der Waals surface area (Å²) in [6.07, 6.45) is 17.3. The average molecular weight is 190 g/mol. The van der Waals surface area contributed by atoms with E-state index < -0.39 is 0 Å². The molecule has 2 rings (SSSR count). The predicted molar refractivity (Wildman–Crippen MR) is 57.9 cm³/mol. The Labute approximate surface area is 85.7 Å². The fourth-order valence-electron chi connectivity index (χ4n) is 2.05. The minimum atomic E-state index is 0.712. The van der Waals surface area contributed by atoms with E-state index >= 15 is 0 Å². The summed E-state index contributed by atoms with van der Waals surface area (Å²) in [6, 6.07) is 0. The lowest BCUT2D eigenvalue weighted by Crippen LogP contribution is -2.08. The van der Waals surface area contributed by atoms with Crippen molar-refractivity contribution in [2.75, 3.05) is 0 Å². The zero-order valence-electron chi connectivity index (χ0n) is 8.60. The Morgan fingerprint density at radius 3 is 3.14 bits per heavy atom. The van der Waals surface area contributed by atoms with Crippen LogP contribution < -0.4 is 0 Å². The summed E-state index contributed by atoms with van der Waals surface area (Å²) in [5.74, 6) is 0.712. The molecule has 0 radical (unpaired) electrons. The summed E-state index contributed by atoms with van der Waals surface area (Å²) in [4.78, 5) is 4.07. The van der Waals surface area contributed by atoms with Crippen molar-refractivity contribution in [3.63, 3.8) is 0 Å². The summed E-state index contributed by atoms with van der Waals surface area (Å²) in [5.41, 5.74) is 0. The maximum atomic E-state index is 4.07. The maximum absolute atomic E-state index is 4.07. The van der Waals surface area contributed by atoms with Gasteiger partial charge in [-0.05, 0) is 25.2 Å². The third-order valence-corrected chi connectivity index (χ3v) is 2.86. The largest absolute Gasteiger partial charge is 0.337 e. The van der Waals surface area contributed by atoms with E-state index in [0.717, 1.165) is 6.54 Å². The highest BCUT2D eigenvalue weighted by Crippen LogP contribution is 2.18. The Morgan fingerprint density at radius 2 is 2.29 bits per heavy atom. The van der Waals surface area contributed by atoms with E-state index in [4.69, 9.17) is 0 Å². The van der Waals surface area contributed by atoms with Gasteiger partial charge in [0.05, 0.1) is 6.33 Å². The molecule has 0 spiro atoms. The van der Waals surface area contributed by atoms with Crippen molar-refractivity contribution in [1.82, 2.24) is 9.55 Å². The van der Waals surface area contributed by atoms with Crippen LogP contribution in [0.1, 0.15) is 32.1 Å². The molecule has 1 unspecified atom stereocenters. The summed E-state index contributed by atoms with van der Waals surface area (Å²) in [5, 5.41) is 0. The zero-order valence-corrected chi connectivity index (χ0v) is 8.60. The van der Waals surface area contributed by atoms with Crippen LogP contribution in [0.15, 0.2) is 30.9 Å². The van der Waals surface area contributed by atoms with Crippen LogP contribution >= 0.6 is 0 Å². The normalized spacial score (nSPS) is 23.0. The molecular formula is C12H18N2. The van der Waals surface area contributed by atoms with Crippen molar-refractivity contribution in [3.8, 4) is 0 Å². The molecule has 0 saturated carbocycles. The van der Waals surface area contributed by atoms with Gasteiger partial charge in [0.25, 0.3) is 0 Å². The standard InChI is InChI=1S/C12H18N2/c1-2-4-6-12(7-5-3-1)10-14-9-8-13-11-14/h4,6,8-9,11-12H,1-3,5,7,10H2. The quantitative estimate of drug-likeness (QED) is 0.655. The van der Waals surface area contributed by atoms with Gasteiger partial charge in [-0.3, -0.25) is 0 Å². The smallest absolute Gasteiger partial charge is 0.0946 e. The van der Waals surface area contributed by atoms with Crippen molar-refractivity contribution < 1.29 is 0 Å². The second-order valence-electron chi connectivity index (χ2n) is 4.09. The second kappa shape index (κ2) is 4.99. The molecule has 0 aromatic carbocycles. The lowest BCUT2D eigenvalue weighted by atomic mass is 9.96. The lowest BCUT2D eigenvalue weighted by molar-refractivity contribution is 0.458. The SMILES string of the molecule is C1=CC(Cn2ccnc2)CCCCC1. The molecule has 0 N–H and O–H groups in total.